The zero-order valence-corrected chi connectivity index (χ0v) is 27.5. The van der Waals surface area contributed by atoms with Crippen molar-refractivity contribution in [1.29, 1.82) is 0 Å². The van der Waals surface area contributed by atoms with Gasteiger partial charge in [-0.05, 0) is 18.8 Å². The van der Waals surface area contributed by atoms with E-state index in [0.29, 0.717) is 0 Å². The molecule has 0 heterocycles. The molecule has 0 aromatic heterocycles. The summed E-state index contributed by atoms with van der Waals surface area (Å²) in [6.45, 7) is 4.59. The quantitative estimate of drug-likeness (QED) is 0.0433. The van der Waals surface area contributed by atoms with Gasteiger partial charge in [-0.2, -0.15) is 0 Å². The molecule has 0 amide bonds. The summed E-state index contributed by atoms with van der Waals surface area (Å²) >= 11 is 0. The molecule has 0 fully saturated rings. The Balaban J connectivity index is 0. The number of hydrogen-bond donors (Lipinski definition) is 0. The van der Waals surface area contributed by atoms with E-state index in [0.717, 1.165) is 25.7 Å². The average Bonchev–Trinajstić information content (AvgIpc) is 2.82. The van der Waals surface area contributed by atoms with Crippen LogP contribution in [0.3, 0.4) is 0 Å². The molecule has 0 aliphatic heterocycles. The topological polar surface area (TPSA) is 66.4 Å². The fourth-order valence-corrected chi connectivity index (χ4v) is 5.40. The van der Waals surface area contributed by atoms with E-state index >= 15 is 0 Å². The van der Waals surface area contributed by atoms with Crippen LogP contribution in [0.15, 0.2) is 0 Å². The molecule has 4 nitrogen and oxygen atoms in total. The first-order chi connectivity index (χ1) is 17.0. The summed E-state index contributed by atoms with van der Waals surface area (Å²) < 4.78 is 37.3. The Bertz CT molecular complexity index is 513. The van der Waals surface area contributed by atoms with E-state index in [2.05, 4.69) is 18.0 Å². The largest absolute Gasteiger partial charge is 1.00 e. The molecule has 0 aromatic carbocycles. The Labute approximate surface area is 249 Å². The van der Waals surface area contributed by atoms with Crippen LogP contribution >= 0.6 is 0 Å². The third kappa shape index (κ3) is 32.9. The Morgan fingerprint density at radius 2 is 0.750 bits per heavy atom. The van der Waals surface area contributed by atoms with Crippen LogP contribution in [0.5, 0.6) is 0 Å². The smallest absolute Gasteiger partial charge is 0.726 e. The van der Waals surface area contributed by atoms with Crippen LogP contribution in [-0.2, 0) is 14.6 Å². The van der Waals surface area contributed by atoms with Gasteiger partial charge >= 0.3 is 29.6 Å². The normalized spacial score (nSPS) is 12.5. The van der Waals surface area contributed by atoms with Crippen molar-refractivity contribution in [1.82, 2.24) is 0 Å². The molecular weight excluding hydrogens is 479 g/mol. The monoisotopic (exact) mass is 540 g/mol. The van der Waals surface area contributed by atoms with Gasteiger partial charge in [0.15, 0.2) is 0 Å². The predicted octanol–water partition coefficient (Wildman–Crippen LogP) is 7.27. The molecule has 0 aliphatic rings. The van der Waals surface area contributed by atoms with E-state index in [1.54, 1.807) is 0 Å². The molecule has 0 N–H and O–H groups in total. The van der Waals surface area contributed by atoms with E-state index in [-0.39, 0.29) is 42.1 Å². The predicted molar refractivity (Wildman–Crippen MR) is 151 cm³/mol. The minimum atomic E-state index is -4.58. The second-order valence-corrected chi connectivity index (χ2v) is 12.0. The van der Waals surface area contributed by atoms with E-state index in [4.69, 9.17) is 0 Å². The zero-order chi connectivity index (χ0) is 25.9. The molecular formula is C30H61NaO4S. The van der Waals surface area contributed by atoms with Crippen LogP contribution < -0.4 is 29.6 Å². The van der Waals surface area contributed by atoms with Crippen LogP contribution in [0.4, 0.5) is 0 Å². The molecule has 212 valence electrons. The number of hydrogen-bond acceptors (Lipinski definition) is 4. The third-order valence-corrected chi connectivity index (χ3v) is 7.80. The average molecular weight is 541 g/mol. The van der Waals surface area contributed by atoms with E-state index in [1.807, 2.05) is 0 Å². The zero-order valence-electron chi connectivity index (χ0n) is 24.7. The second kappa shape index (κ2) is 30.4. The SMILES string of the molecule is CCCCCCCCCCCCCCCCCCC(CCCCCCCCCC)COS(=O)(=O)[O-].[Na+]. The molecule has 0 radical (unpaired) electrons. The van der Waals surface area contributed by atoms with Gasteiger partial charge in [0, 0.05) is 0 Å². The summed E-state index contributed by atoms with van der Waals surface area (Å²) in [6.07, 6.45) is 33.8. The van der Waals surface area contributed by atoms with Crippen molar-refractivity contribution in [3.8, 4) is 0 Å². The molecule has 0 aromatic rings. The Hall–Kier alpha value is 0.870. The summed E-state index contributed by atoms with van der Waals surface area (Å²) in [5.41, 5.74) is 0. The summed E-state index contributed by atoms with van der Waals surface area (Å²) in [7, 11) is -4.58. The van der Waals surface area contributed by atoms with E-state index in [1.165, 1.54) is 141 Å². The first-order valence-electron chi connectivity index (χ1n) is 15.6. The van der Waals surface area contributed by atoms with Crippen LogP contribution in [0.2, 0.25) is 0 Å². The minimum Gasteiger partial charge on any atom is -0.726 e. The van der Waals surface area contributed by atoms with Crippen LogP contribution in [0.25, 0.3) is 0 Å². The van der Waals surface area contributed by atoms with Gasteiger partial charge in [-0.15, -0.1) is 0 Å². The molecule has 0 rings (SSSR count). The van der Waals surface area contributed by atoms with Crippen LogP contribution in [0, 0.1) is 5.92 Å². The molecule has 0 bridgehead atoms. The molecule has 0 saturated heterocycles. The maximum atomic E-state index is 10.9. The maximum Gasteiger partial charge on any atom is 1.00 e. The molecule has 0 saturated carbocycles. The van der Waals surface area contributed by atoms with E-state index < -0.39 is 10.4 Å². The summed E-state index contributed by atoms with van der Waals surface area (Å²) in [5.74, 6) is 0.200. The van der Waals surface area contributed by atoms with Crippen molar-refractivity contribution in [3.63, 3.8) is 0 Å². The standard InChI is InChI=1S/C30H62O4S.Na/c1-3-5-7-9-11-13-14-15-16-17-18-19-20-22-24-26-28-30(29-34-35(31,32)33)27-25-23-21-12-10-8-6-4-2;/h30H,3-29H2,1-2H3,(H,31,32,33);/q;+1/p-1. The molecule has 1 unspecified atom stereocenters. The van der Waals surface area contributed by atoms with Crippen molar-refractivity contribution in [2.45, 2.75) is 181 Å². The summed E-state index contributed by atoms with van der Waals surface area (Å²) in [5, 5.41) is 0. The van der Waals surface area contributed by atoms with Gasteiger partial charge in [0.25, 0.3) is 0 Å². The van der Waals surface area contributed by atoms with Crippen molar-refractivity contribution in [3.05, 3.63) is 0 Å². The van der Waals surface area contributed by atoms with Gasteiger partial charge in [0.05, 0.1) is 6.61 Å². The molecule has 0 aliphatic carbocycles. The van der Waals surface area contributed by atoms with Crippen molar-refractivity contribution in [2.75, 3.05) is 6.61 Å². The molecule has 0 spiro atoms. The first kappa shape index (κ1) is 39.0. The number of unbranched alkanes of at least 4 members (excludes halogenated alkanes) is 22. The van der Waals surface area contributed by atoms with Gasteiger partial charge in [0.2, 0.25) is 10.4 Å². The fourth-order valence-electron chi connectivity index (χ4n) is 5.04. The third-order valence-electron chi connectivity index (χ3n) is 7.38. The minimum absolute atomic E-state index is 0. The van der Waals surface area contributed by atoms with Gasteiger partial charge in [-0.25, -0.2) is 8.42 Å². The van der Waals surface area contributed by atoms with Gasteiger partial charge in [-0.1, -0.05) is 168 Å². The first-order valence-corrected chi connectivity index (χ1v) is 16.9. The molecule has 1 atom stereocenters. The molecule has 36 heavy (non-hydrogen) atoms. The van der Waals surface area contributed by atoms with Crippen molar-refractivity contribution in [2.24, 2.45) is 5.92 Å². The Kier molecular flexibility index (Phi) is 33.0. The maximum absolute atomic E-state index is 10.9. The Morgan fingerprint density at radius 3 is 1.00 bits per heavy atom. The number of rotatable bonds is 29. The fraction of sp³-hybridized carbons (Fsp3) is 1.00. The molecule has 6 heteroatoms. The van der Waals surface area contributed by atoms with Crippen molar-refractivity contribution < 1.29 is 46.7 Å². The van der Waals surface area contributed by atoms with Crippen LogP contribution in [0.1, 0.15) is 181 Å². The van der Waals surface area contributed by atoms with Gasteiger partial charge in [-0.3, -0.25) is 4.18 Å². The second-order valence-electron chi connectivity index (χ2n) is 10.9. The van der Waals surface area contributed by atoms with Gasteiger partial charge < -0.3 is 4.55 Å². The van der Waals surface area contributed by atoms with Crippen molar-refractivity contribution >= 4 is 10.4 Å². The van der Waals surface area contributed by atoms with Gasteiger partial charge in [0.1, 0.15) is 0 Å². The summed E-state index contributed by atoms with van der Waals surface area (Å²) in [6, 6.07) is 0. The summed E-state index contributed by atoms with van der Waals surface area (Å²) in [4.78, 5) is 0. The van der Waals surface area contributed by atoms with Crippen LogP contribution in [-0.4, -0.2) is 19.6 Å². The van der Waals surface area contributed by atoms with E-state index in [9.17, 15) is 13.0 Å². The Morgan fingerprint density at radius 1 is 0.500 bits per heavy atom.